The van der Waals surface area contributed by atoms with Crippen LogP contribution in [0.4, 0.5) is 4.79 Å². The monoisotopic (exact) mass is 254 g/mol. The van der Waals surface area contributed by atoms with Gasteiger partial charge >= 0.3 is 6.09 Å². The summed E-state index contributed by atoms with van der Waals surface area (Å²) in [7, 11) is 0. The van der Waals surface area contributed by atoms with Crippen LogP contribution in [0, 0.1) is 5.41 Å². The zero-order valence-electron chi connectivity index (χ0n) is 11.9. The number of ether oxygens (including phenoxy) is 1. The molecule has 1 amide bonds. The standard InChI is InChI=1S/C14H26N2O2/c1-13(2,3)18-12(17)16-8-7-14(10-16)6-4-5-11(15)9-14/h11H,4-10,15H2,1-3H3/t11-,14+/m0/s1. The van der Waals surface area contributed by atoms with E-state index in [2.05, 4.69) is 0 Å². The van der Waals surface area contributed by atoms with Gasteiger partial charge in [0.25, 0.3) is 0 Å². The second-order valence-electron chi connectivity index (χ2n) is 7.01. The molecule has 0 aromatic carbocycles. The van der Waals surface area contributed by atoms with E-state index in [1.54, 1.807) is 0 Å². The smallest absolute Gasteiger partial charge is 0.410 e. The van der Waals surface area contributed by atoms with Gasteiger partial charge in [0.15, 0.2) is 0 Å². The number of amides is 1. The van der Waals surface area contributed by atoms with Gasteiger partial charge in [0, 0.05) is 19.1 Å². The predicted molar refractivity (Wildman–Crippen MR) is 71.3 cm³/mol. The zero-order chi connectivity index (χ0) is 13.4. The number of likely N-dealkylation sites (tertiary alicyclic amines) is 1. The molecule has 4 heteroatoms. The minimum absolute atomic E-state index is 0.168. The molecule has 2 aliphatic rings. The van der Waals surface area contributed by atoms with E-state index < -0.39 is 5.60 Å². The molecule has 4 nitrogen and oxygen atoms in total. The second-order valence-corrected chi connectivity index (χ2v) is 7.01. The average molecular weight is 254 g/mol. The molecule has 1 saturated heterocycles. The minimum atomic E-state index is -0.407. The number of hydrogen-bond donors (Lipinski definition) is 1. The minimum Gasteiger partial charge on any atom is -0.444 e. The van der Waals surface area contributed by atoms with E-state index in [1.165, 1.54) is 12.8 Å². The summed E-state index contributed by atoms with van der Waals surface area (Å²) in [6, 6.07) is 0.317. The Kier molecular flexibility index (Phi) is 3.58. The van der Waals surface area contributed by atoms with Crippen molar-refractivity contribution in [2.24, 2.45) is 11.1 Å². The van der Waals surface area contributed by atoms with Crippen molar-refractivity contribution in [3.8, 4) is 0 Å². The van der Waals surface area contributed by atoms with Crippen LogP contribution in [0.15, 0.2) is 0 Å². The summed E-state index contributed by atoms with van der Waals surface area (Å²) in [5.74, 6) is 0. The summed E-state index contributed by atoms with van der Waals surface area (Å²) in [6.07, 6.45) is 5.52. The first kappa shape index (κ1) is 13.7. The Balaban J connectivity index is 1.93. The first-order chi connectivity index (χ1) is 8.30. The highest BCUT2D eigenvalue weighted by atomic mass is 16.6. The second kappa shape index (κ2) is 4.72. The molecule has 0 bridgehead atoms. The highest BCUT2D eigenvalue weighted by Gasteiger charge is 2.43. The van der Waals surface area contributed by atoms with Gasteiger partial charge in [-0.2, -0.15) is 0 Å². The zero-order valence-corrected chi connectivity index (χ0v) is 11.9. The highest BCUT2D eigenvalue weighted by Crippen LogP contribution is 2.43. The number of carbonyl (C=O) groups excluding carboxylic acids is 1. The molecule has 2 atom stereocenters. The summed E-state index contributed by atoms with van der Waals surface area (Å²) in [6.45, 7) is 7.38. The number of rotatable bonds is 0. The van der Waals surface area contributed by atoms with Crippen LogP contribution in [-0.4, -0.2) is 35.7 Å². The van der Waals surface area contributed by atoms with Gasteiger partial charge in [0.2, 0.25) is 0 Å². The van der Waals surface area contributed by atoms with Crippen molar-refractivity contribution in [2.45, 2.75) is 64.5 Å². The van der Waals surface area contributed by atoms with Gasteiger partial charge < -0.3 is 15.4 Å². The van der Waals surface area contributed by atoms with Crippen LogP contribution in [0.5, 0.6) is 0 Å². The Morgan fingerprint density at radius 2 is 2.11 bits per heavy atom. The van der Waals surface area contributed by atoms with Crippen molar-refractivity contribution in [1.82, 2.24) is 4.90 Å². The van der Waals surface area contributed by atoms with E-state index in [0.29, 0.717) is 6.04 Å². The topological polar surface area (TPSA) is 55.6 Å². The van der Waals surface area contributed by atoms with Gasteiger partial charge in [0.1, 0.15) is 5.60 Å². The third kappa shape index (κ3) is 3.16. The van der Waals surface area contributed by atoms with Crippen molar-refractivity contribution in [3.63, 3.8) is 0 Å². The first-order valence-corrected chi connectivity index (χ1v) is 7.03. The van der Waals surface area contributed by atoms with E-state index in [-0.39, 0.29) is 11.5 Å². The number of hydrogen-bond acceptors (Lipinski definition) is 3. The lowest BCUT2D eigenvalue weighted by Gasteiger charge is -2.36. The lowest BCUT2D eigenvalue weighted by atomic mass is 9.72. The molecule has 2 N–H and O–H groups in total. The Morgan fingerprint density at radius 1 is 1.39 bits per heavy atom. The van der Waals surface area contributed by atoms with Crippen molar-refractivity contribution >= 4 is 6.09 Å². The van der Waals surface area contributed by atoms with Crippen LogP contribution in [0.3, 0.4) is 0 Å². The van der Waals surface area contributed by atoms with Crippen molar-refractivity contribution < 1.29 is 9.53 Å². The van der Waals surface area contributed by atoms with Gasteiger partial charge in [-0.05, 0) is 51.9 Å². The summed E-state index contributed by atoms with van der Waals surface area (Å²) >= 11 is 0. The lowest BCUT2D eigenvalue weighted by Crippen LogP contribution is -2.40. The van der Waals surface area contributed by atoms with Gasteiger partial charge in [-0.25, -0.2) is 4.79 Å². The molecular formula is C14H26N2O2. The van der Waals surface area contributed by atoms with Crippen LogP contribution >= 0.6 is 0 Å². The molecule has 1 aliphatic carbocycles. The summed E-state index contributed by atoms with van der Waals surface area (Å²) in [5, 5.41) is 0. The largest absolute Gasteiger partial charge is 0.444 e. The van der Waals surface area contributed by atoms with Crippen LogP contribution in [0.1, 0.15) is 52.9 Å². The molecule has 2 rings (SSSR count). The Labute approximate surface area is 110 Å². The third-order valence-electron chi connectivity index (χ3n) is 4.07. The SMILES string of the molecule is CC(C)(C)OC(=O)N1CC[C@@]2(CCC[C@H](N)C2)C1. The van der Waals surface area contributed by atoms with Crippen molar-refractivity contribution in [3.05, 3.63) is 0 Å². The molecule has 0 unspecified atom stereocenters. The number of nitrogens with zero attached hydrogens (tertiary/aromatic N) is 1. The molecule has 0 aromatic rings. The third-order valence-corrected chi connectivity index (χ3v) is 4.07. The van der Waals surface area contributed by atoms with E-state index >= 15 is 0 Å². The number of nitrogens with two attached hydrogens (primary N) is 1. The molecule has 104 valence electrons. The van der Waals surface area contributed by atoms with E-state index in [0.717, 1.165) is 32.4 Å². The molecule has 0 radical (unpaired) electrons. The van der Waals surface area contributed by atoms with Crippen molar-refractivity contribution in [1.29, 1.82) is 0 Å². The highest BCUT2D eigenvalue weighted by molar-refractivity contribution is 5.68. The Bertz CT molecular complexity index is 324. The van der Waals surface area contributed by atoms with Gasteiger partial charge in [-0.3, -0.25) is 0 Å². The maximum absolute atomic E-state index is 12.0. The summed E-state index contributed by atoms with van der Waals surface area (Å²) in [4.78, 5) is 13.9. The fraction of sp³-hybridized carbons (Fsp3) is 0.929. The van der Waals surface area contributed by atoms with E-state index in [1.807, 2.05) is 25.7 Å². The Morgan fingerprint density at radius 3 is 2.72 bits per heavy atom. The normalized spacial score (nSPS) is 32.9. The molecule has 0 aromatic heterocycles. The molecular weight excluding hydrogens is 228 g/mol. The van der Waals surface area contributed by atoms with Crippen LogP contribution < -0.4 is 5.73 Å². The molecule has 18 heavy (non-hydrogen) atoms. The van der Waals surface area contributed by atoms with E-state index in [4.69, 9.17) is 10.5 Å². The summed E-state index contributed by atoms with van der Waals surface area (Å²) in [5.41, 5.74) is 5.94. The molecule has 1 spiro atoms. The fourth-order valence-electron chi connectivity index (χ4n) is 3.29. The number of carbonyl (C=O) groups is 1. The van der Waals surface area contributed by atoms with Crippen LogP contribution in [0.2, 0.25) is 0 Å². The maximum Gasteiger partial charge on any atom is 0.410 e. The van der Waals surface area contributed by atoms with Gasteiger partial charge in [-0.15, -0.1) is 0 Å². The molecule has 1 aliphatic heterocycles. The fourth-order valence-corrected chi connectivity index (χ4v) is 3.29. The molecule has 2 fully saturated rings. The summed E-state index contributed by atoms with van der Waals surface area (Å²) < 4.78 is 5.44. The average Bonchev–Trinajstić information content (AvgIpc) is 2.59. The van der Waals surface area contributed by atoms with Crippen LogP contribution in [-0.2, 0) is 4.74 Å². The van der Waals surface area contributed by atoms with Gasteiger partial charge in [0.05, 0.1) is 0 Å². The molecule has 1 heterocycles. The van der Waals surface area contributed by atoms with Crippen molar-refractivity contribution in [2.75, 3.05) is 13.1 Å². The van der Waals surface area contributed by atoms with Crippen LogP contribution in [0.25, 0.3) is 0 Å². The predicted octanol–water partition coefficient (Wildman–Crippen LogP) is 2.51. The lowest BCUT2D eigenvalue weighted by molar-refractivity contribution is 0.0259. The maximum atomic E-state index is 12.0. The first-order valence-electron chi connectivity index (χ1n) is 7.03. The van der Waals surface area contributed by atoms with Gasteiger partial charge in [-0.1, -0.05) is 6.42 Å². The quantitative estimate of drug-likeness (QED) is 0.722. The molecule has 1 saturated carbocycles. The van der Waals surface area contributed by atoms with E-state index in [9.17, 15) is 4.79 Å². The Hall–Kier alpha value is -0.770.